The van der Waals surface area contributed by atoms with E-state index in [4.69, 9.17) is 5.26 Å². The van der Waals surface area contributed by atoms with Gasteiger partial charge in [0.05, 0.1) is 17.3 Å². The second kappa shape index (κ2) is 5.53. The average molecular weight is 246 g/mol. The Balaban J connectivity index is 2.45. The zero-order chi connectivity index (χ0) is 12.9. The predicted octanol–water partition coefficient (Wildman–Crippen LogP) is 3.45. The second-order valence-corrected chi connectivity index (χ2v) is 3.45. The number of halogens is 4. The van der Waals surface area contributed by atoms with E-state index in [0.29, 0.717) is 0 Å². The van der Waals surface area contributed by atoms with Crippen LogP contribution in [0.2, 0.25) is 0 Å². The Hall–Kier alpha value is -1.77. The quantitative estimate of drug-likeness (QED) is 0.652. The van der Waals surface area contributed by atoms with Gasteiger partial charge in [-0.15, -0.1) is 0 Å². The number of alkyl halides is 3. The molecule has 0 radical (unpaired) electrons. The monoisotopic (exact) mass is 246 g/mol. The molecule has 0 heterocycles. The van der Waals surface area contributed by atoms with Crippen LogP contribution in [0.5, 0.6) is 0 Å². The molecule has 0 bridgehead atoms. The topological polar surface area (TPSA) is 35.8 Å². The lowest BCUT2D eigenvalue weighted by molar-refractivity contribution is -0.134. The van der Waals surface area contributed by atoms with E-state index in [1.807, 2.05) is 0 Å². The van der Waals surface area contributed by atoms with Crippen LogP contribution in [0, 0.1) is 17.1 Å². The standard InChI is InChI=1S/C11H10F4N2/c12-9-6-8(7-16)2-3-10(9)17-5-1-4-11(13,14)15/h2-3,6,17H,1,4-5H2. The van der Waals surface area contributed by atoms with Gasteiger partial charge in [0.25, 0.3) is 0 Å². The van der Waals surface area contributed by atoms with E-state index >= 15 is 0 Å². The Morgan fingerprint density at radius 2 is 2.00 bits per heavy atom. The van der Waals surface area contributed by atoms with E-state index < -0.39 is 18.4 Å². The highest BCUT2D eigenvalue weighted by Gasteiger charge is 2.25. The molecule has 1 rings (SSSR count). The number of nitrogens with zero attached hydrogens (tertiary/aromatic N) is 1. The number of rotatable bonds is 4. The zero-order valence-electron chi connectivity index (χ0n) is 8.81. The molecule has 0 aliphatic rings. The minimum Gasteiger partial charge on any atom is -0.383 e. The molecule has 0 spiro atoms. The highest BCUT2D eigenvalue weighted by atomic mass is 19.4. The average Bonchev–Trinajstić information content (AvgIpc) is 2.24. The number of hydrogen-bond acceptors (Lipinski definition) is 2. The van der Waals surface area contributed by atoms with Crippen molar-refractivity contribution in [3.8, 4) is 6.07 Å². The van der Waals surface area contributed by atoms with Crippen LogP contribution in [-0.2, 0) is 0 Å². The third-order valence-corrected chi connectivity index (χ3v) is 2.05. The molecule has 6 heteroatoms. The van der Waals surface area contributed by atoms with Crippen molar-refractivity contribution in [1.29, 1.82) is 5.26 Å². The summed E-state index contributed by atoms with van der Waals surface area (Å²) < 4.78 is 48.7. The largest absolute Gasteiger partial charge is 0.389 e. The zero-order valence-corrected chi connectivity index (χ0v) is 8.81. The van der Waals surface area contributed by atoms with Crippen LogP contribution >= 0.6 is 0 Å². The van der Waals surface area contributed by atoms with Gasteiger partial charge in [0.1, 0.15) is 5.82 Å². The summed E-state index contributed by atoms with van der Waals surface area (Å²) in [6.07, 6.45) is -5.22. The van der Waals surface area contributed by atoms with Crippen molar-refractivity contribution < 1.29 is 17.6 Å². The van der Waals surface area contributed by atoms with Gasteiger partial charge in [-0.3, -0.25) is 0 Å². The molecule has 0 aliphatic heterocycles. The molecule has 0 amide bonds. The predicted molar refractivity (Wildman–Crippen MR) is 54.9 cm³/mol. The van der Waals surface area contributed by atoms with Crippen molar-refractivity contribution in [1.82, 2.24) is 0 Å². The molecule has 0 saturated heterocycles. The molecule has 1 aromatic carbocycles. The van der Waals surface area contributed by atoms with Gasteiger partial charge < -0.3 is 5.32 Å². The van der Waals surface area contributed by atoms with Gasteiger partial charge in [0.15, 0.2) is 0 Å². The summed E-state index contributed by atoms with van der Waals surface area (Å²) in [4.78, 5) is 0. The molecule has 0 atom stereocenters. The van der Waals surface area contributed by atoms with Gasteiger partial charge in [-0.25, -0.2) is 4.39 Å². The van der Waals surface area contributed by atoms with E-state index in [0.717, 1.165) is 6.07 Å². The molecular weight excluding hydrogens is 236 g/mol. The van der Waals surface area contributed by atoms with Crippen molar-refractivity contribution in [2.24, 2.45) is 0 Å². The molecule has 92 valence electrons. The van der Waals surface area contributed by atoms with Crippen LogP contribution in [-0.4, -0.2) is 12.7 Å². The lowest BCUT2D eigenvalue weighted by atomic mass is 10.2. The Labute approximate surface area is 95.9 Å². The van der Waals surface area contributed by atoms with Gasteiger partial charge in [-0.2, -0.15) is 18.4 Å². The molecule has 2 nitrogen and oxygen atoms in total. The summed E-state index contributed by atoms with van der Waals surface area (Å²) in [7, 11) is 0. The van der Waals surface area contributed by atoms with Gasteiger partial charge in [-0.05, 0) is 24.6 Å². The van der Waals surface area contributed by atoms with Crippen molar-refractivity contribution in [3.63, 3.8) is 0 Å². The summed E-state index contributed by atoms with van der Waals surface area (Å²) in [6, 6.07) is 5.53. The van der Waals surface area contributed by atoms with E-state index in [1.165, 1.54) is 12.1 Å². The molecule has 1 N–H and O–H groups in total. The third kappa shape index (κ3) is 4.72. The van der Waals surface area contributed by atoms with Gasteiger partial charge in [0.2, 0.25) is 0 Å². The van der Waals surface area contributed by atoms with Crippen LogP contribution in [0.4, 0.5) is 23.2 Å². The van der Waals surface area contributed by atoms with Gasteiger partial charge in [-0.1, -0.05) is 0 Å². The van der Waals surface area contributed by atoms with Gasteiger partial charge >= 0.3 is 6.18 Å². The van der Waals surface area contributed by atoms with Crippen LogP contribution in [0.15, 0.2) is 18.2 Å². The summed E-state index contributed by atoms with van der Waals surface area (Å²) in [5, 5.41) is 11.0. The first kappa shape index (κ1) is 13.3. The van der Waals surface area contributed by atoms with Gasteiger partial charge in [0, 0.05) is 13.0 Å². The normalized spacial score (nSPS) is 11.0. The third-order valence-electron chi connectivity index (χ3n) is 2.05. The lowest BCUT2D eigenvalue weighted by Gasteiger charge is -2.09. The molecule has 1 aromatic rings. The maximum absolute atomic E-state index is 13.3. The fourth-order valence-corrected chi connectivity index (χ4v) is 1.24. The van der Waals surface area contributed by atoms with E-state index in [-0.39, 0.29) is 24.2 Å². The maximum atomic E-state index is 13.3. The van der Waals surface area contributed by atoms with Crippen molar-refractivity contribution in [2.45, 2.75) is 19.0 Å². The van der Waals surface area contributed by atoms with E-state index in [9.17, 15) is 17.6 Å². The Morgan fingerprint density at radius 1 is 1.29 bits per heavy atom. The van der Waals surface area contributed by atoms with Crippen molar-refractivity contribution in [3.05, 3.63) is 29.6 Å². The van der Waals surface area contributed by atoms with Crippen LogP contribution in [0.3, 0.4) is 0 Å². The highest BCUT2D eigenvalue weighted by molar-refractivity contribution is 5.48. The molecule has 0 aromatic heterocycles. The van der Waals surface area contributed by atoms with Crippen molar-refractivity contribution in [2.75, 3.05) is 11.9 Å². The molecular formula is C11H10F4N2. The summed E-state index contributed by atoms with van der Waals surface area (Å²) in [6.45, 7) is 0.0301. The fraction of sp³-hybridized carbons (Fsp3) is 0.364. The van der Waals surface area contributed by atoms with Crippen LogP contribution < -0.4 is 5.32 Å². The Bertz CT molecular complexity index is 420. The minimum atomic E-state index is -4.19. The molecule has 0 aliphatic carbocycles. The van der Waals surface area contributed by atoms with E-state index in [1.54, 1.807) is 6.07 Å². The number of hydrogen-bond donors (Lipinski definition) is 1. The number of anilines is 1. The van der Waals surface area contributed by atoms with Crippen molar-refractivity contribution >= 4 is 5.69 Å². The molecule has 0 unspecified atom stereocenters. The number of nitriles is 1. The number of nitrogens with one attached hydrogen (secondary N) is 1. The molecule has 17 heavy (non-hydrogen) atoms. The first-order valence-electron chi connectivity index (χ1n) is 4.92. The second-order valence-electron chi connectivity index (χ2n) is 3.45. The summed E-state index contributed by atoms with van der Waals surface area (Å²) in [5.74, 6) is -0.643. The fourth-order valence-electron chi connectivity index (χ4n) is 1.24. The van der Waals surface area contributed by atoms with Crippen LogP contribution in [0.1, 0.15) is 18.4 Å². The first-order chi connectivity index (χ1) is 7.92. The lowest BCUT2D eigenvalue weighted by Crippen LogP contribution is -2.11. The van der Waals surface area contributed by atoms with Crippen LogP contribution in [0.25, 0.3) is 0 Å². The number of benzene rings is 1. The highest BCUT2D eigenvalue weighted by Crippen LogP contribution is 2.21. The maximum Gasteiger partial charge on any atom is 0.389 e. The smallest absolute Gasteiger partial charge is 0.383 e. The minimum absolute atomic E-state index is 0.0301. The Kier molecular flexibility index (Phi) is 4.32. The van der Waals surface area contributed by atoms with E-state index in [2.05, 4.69) is 5.32 Å². The first-order valence-corrected chi connectivity index (χ1v) is 4.92. The summed E-state index contributed by atoms with van der Waals surface area (Å²) in [5.41, 5.74) is 0.273. The molecule has 0 fully saturated rings. The SMILES string of the molecule is N#Cc1ccc(NCCCC(F)(F)F)c(F)c1. The summed E-state index contributed by atoms with van der Waals surface area (Å²) >= 11 is 0. The Morgan fingerprint density at radius 3 is 2.53 bits per heavy atom. The molecule has 0 saturated carbocycles.